The van der Waals surface area contributed by atoms with Crippen LogP contribution in [0.4, 0.5) is 0 Å². The Morgan fingerprint density at radius 3 is 2.88 bits per heavy atom. The topological polar surface area (TPSA) is 59.3 Å². The third-order valence-electron chi connectivity index (χ3n) is 3.30. The van der Waals surface area contributed by atoms with E-state index in [1.807, 2.05) is 0 Å². The number of rotatable bonds is 1. The minimum absolute atomic E-state index is 0.115. The van der Waals surface area contributed by atoms with Crippen molar-refractivity contribution in [2.45, 2.75) is 26.2 Å². The molecule has 2 rings (SSSR count). The number of carboxylic acid groups (broad SMARTS) is 1. The number of carbonyl (C=O) groups is 1. The molecule has 0 saturated heterocycles. The Kier molecular flexibility index (Phi) is 2.58. The van der Waals surface area contributed by atoms with Gasteiger partial charge in [-0.2, -0.15) is 0 Å². The molecule has 0 aromatic carbocycles. The molecule has 0 aliphatic heterocycles. The Morgan fingerprint density at radius 2 is 2.25 bits per heavy atom. The Balaban J connectivity index is 2.64. The molecular weight excluding hydrogens is 206 g/mol. The van der Waals surface area contributed by atoms with Crippen molar-refractivity contribution < 1.29 is 9.90 Å². The number of aromatic nitrogens is 1. The summed E-state index contributed by atoms with van der Waals surface area (Å²) in [5.41, 5.74) is 1.49. The summed E-state index contributed by atoms with van der Waals surface area (Å²) in [5, 5.41) is 8.94. The smallest absolute Gasteiger partial charge is 0.341 e. The lowest BCUT2D eigenvalue weighted by Gasteiger charge is -2.23. The van der Waals surface area contributed by atoms with Crippen LogP contribution in [-0.2, 0) is 19.9 Å². The van der Waals surface area contributed by atoms with Gasteiger partial charge in [-0.1, -0.05) is 6.92 Å². The summed E-state index contributed by atoms with van der Waals surface area (Å²) in [5.74, 6) is -0.576. The molecule has 0 bridgehead atoms. The minimum Gasteiger partial charge on any atom is -0.477 e. The van der Waals surface area contributed by atoms with Crippen LogP contribution in [0.1, 0.15) is 35.0 Å². The van der Waals surface area contributed by atoms with Gasteiger partial charge in [-0.05, 0) is 36.8 Å². The van der Waals surface area contributed by atoms with Crippen LogP contribution in [0.2, 0.25) is 0 Å². The van der Waals surface area contributed by atoms with Gasteiger partial charge in [0.25, 0.3) is 5.56 Å². The lowest BCUT2D eigenvalue weighted by atomic mass is 9.87. The van der Waals surface area contributed by atoms with Crippen molar-refractivity contribution in [3.63, 3.8) is 0 Å². The molecule has 1 N–H and O–H groups in total. The molecule has 1 atom stereocenters. The highest BCUT2D eigenvalue weighted by atomic mass is 16.4. The van der Waals surface area contributed by atoms with Crippen molar-refractivity contribution in [1.82, 2.24) is 4.57 Å². The summed E-state index contributed by atoms with van der Waals surface area (Å²) in [6.07, 6.45) is 2.79. The fraction of sp³-hybridized carbons (Fsp3) is 0.500. The molecule has 1 aromatic heterocycles. The van der Waals surface area contributed by atoms with Gasteiger partial charge in [-0.3, -0.25) is 4.79 Å². The van der Waals surface area contributed by atoms with Gasteiger partial charge in [0.05, 0.1) is 0 Å². The molecule has 0 spiro atoms. The number of nitrogens with zero attached hydrogens (tertiary/aromatic N) is 1. The average Bonchev–Trinajstić information content (AvgIpc) is 2.22. The van der Waals surface area contributed by atoms with Crippen LogP contribution < -0.4 is 5.56 Å². The van der Waals surface area contributed by atoms with Crippen LogP contribution >= 0.6 is 0 Å². The van der Waals surface area contributed by atoms with Crippen LogP contribution in [0.25, 0.3) is 0 Å². The van der Waals surface area contributed by atoms with Crippen molar-refractivity contribution in [2.24, 2.45) is 13.0 Å². The van der Waals surface area contributed by atoms with Gasteiger partial charge in [0, 0.05) is 12.7 Å². The standard InChI is InChI=1S/C12H15NO3/c1-7-3-4-10-8(5-7)6-9(12(15)16)11(14)13(10)2/h6-7H,3-5H2,1-2H3,(H,15,16). The molecule has 86 valence electrons. The van der Waals surface area contributed by atoms with E-state index in [9.17, 15) is 9.59 Å². The Morgan fingerprint density at radius 1 is 1.56 bits per heavy atom. The van der Waals surface area contributed by atoms with Crippen molar-refractivity contribution in [2.75, 3.05) is 0 Å². The molecule has 0 saturated carbocycles. The van der Waals surface area contributed by atoms with Crippen LogP contribution in [0.15, 0.2) is 10.9 Å². The number of carboxylic acids is 1. The van der Waals surface area contributed by atoms with Gasteiger partial charge < -0.3 is 9.67 Å². The highest BCUT2D eigenvalue weighted by Crippen LogP contribution is 2.24. The van der Waals surface area contributed by atoms with E-state index in [0.717, 1.165) is 30.5 Å². The predicted octanol–water partition coefficient (Wildman–Crippen LogP) is 1.21. The summed E-state index contributed by atoms with van der Waals surface area (Å²) < 4.78 is 1.49. The Labute approximate surface area is 93.5 Å². The molecule has 1 aliphatic carbocycles. The highest BCUT2D eigenvalue weighted by Gasteiger charge is 2.21. The van der Waals surface area contributed by atoms with Crippen LogP contribution in [0.5, 0.6) is 0 Å². The lowest BCUT2D eigenvalue weighted by molar-refractivity contribution is 0.0694. The van der Waals surface area contributed by atoms with Crippen molar-refractivity contribution >= 4 is 5.97 Å². The quantitative estimate of drug-likeness (QED) is 0.775. The maximum absolute atomic E-state index is 11.7. The summed E-state index contributed by atoms with van der Waals surface area (Å²) in [6, 6.07) is 1.55. The zero-order valence-electron chi connectivity index (χ0n) is 9.49. The maximum atomic E-state index is 11.7. The average molecular weight is 221 g/mol. The third kappa shape index (κ3) is 1.64. The number of hydrogen-bond acceptors (Lipinski definition) is 2. The third-order valence-corrected chi connectivity index (χ3v) is 3.30. The van der Waals surface area contributed by atoms with Crippen molar-refractivity contribution in [3.05, 3.63) is 33.2 Å². The second-order valence-corrected chi connectivity index (χ2v) is 4.55. The van der Waals surface area contributed by atoms with Crippen molar-refractivity contribution in [3.8, 4) is 0 Å². The first-order valence-electron chi connectivity index (χ1n) is 5.45. The summed E-state index contributed by atoms with van der Waals surface area (Å²) in [7, 11) is 1.66. The molecule has 1 heterocycles. The second-order valence-electron chi connectivity index (χ2n) is 4.55. The van der Waals surface area contributed by atoms with Gasteiger partial charge in [-0.15, -0.1) is 0 Å². The first kappa shape index (κ1) is 10.9. The molecule has 1 unspecified atom stereocenters. The van der Waals surface area contributed by atoms with Crippen LogP contribution in [0, 0.1) is 5.92 Å². The summed E-state index contributed by atoms with van der Waals surface area (Å²) >= 11 is 0. The normalized spacial score (nSPS) is 19.2. The van der Waals surface area contributed by atoms with E-state index in [1.54, 1.807) is 13.1 Å². The van der Waals surface area contributed by atoms with Gasteiger partial charge in [0.1, 0.15) is 5.56 Å². The number of pyridine rings is 1. The second kappa shape index (κ2) is 3.77. The molecular formula is C12H15NO3. The molecule has 0 fully saturated rings. The summed E-state index contributed by atoms with van der Waals surface area (Å²) in [4.78, 5) is 22.7. The molecule has 0 radical (unpaired) electrons. The molecule has 1 aliphatic rings. The largest absolute Gasteiger partial charge is 0.477 e. The van der Waals surface area contributed by atoms with E-state index in [4.69, 9.17) is 5.11 Å². The van der Waals surface area contributed by atoms with E-state index < -0.39 is 11.5 Å². The fourth-order valence-electron chi connectivity index (χ4n) is 2.36. The Hall–Kier alpha value is -1.58. The maximum Gasteiger partial charge on any atom is 0.341 e. The number of aromatic carboxylic acids is 1. The van der Waals surface area contributed by atoms with E-state index in [2.05, 4.69) is 6.92 Å². The molecule has 16 heavy (non-hydrogen) atoms. The lowest BCUT2D eigenvalue weighted by Crippen LogP contribution is -2.30. The van der Waals surface area contributed by atoms with E-state index >= 15 is 0 Å². The molecule has 0 amide bonds. The van der Waals surface area contributed by atoms with Crippen LogP contribution in [-0.4, -0.2) is 15.6 Å². The molecule has 1 aromatic rings. The number of hydrogen-bond donors (Lipinski definition) is 1. The van der Waals surface area contributed by atoms with E-state index in [0.29, 0.717) is 5.92 Å². The summed E-state index contributed by atoms with van der Waals surface area (Å²) in [6.45, 7) is 2.15. The van der Waals surface area contributed by atoms with E-state index in [1.165, 1.54) is 4.57 Å². The highest BCUT2D eigenvalue weighted by molar-refractivity contribution is 5.87. The van der Waals surface area contributed by atoms with Gasteiger partial charge >= 0.3 is 5.97 Å². The Bertz CT molecular complexity index is 502. The minimum atomic E-state index is -1.14. The predicted molar refractivity (Wildman–Crippen MR) is 59.8 cm³/mol. The van der Waals surface area contributed by atoms with Gasteiger partial charge in [0.15, 0.2) is 0 Å². The van der Waals surface area contributed by atoms with Gasteiger partial charge in [-0.25, -0.2) is 4.79 Å². The zero-order valence-corrected chi connectivity index (χ0v) is 9.49. The van der Waals surface area contributed by atoms with E-state index in [-0.39, 0.29) is 5.56 Å². The SMILES string of the molecule is CC1CCc2c(cc(C(=O)O)c(=O)n2C)C1. The monoisotopic (exact) mass is 221 g/mol. The number of fused-ring (bicyclic) bond motifs is 1. The fourth-order valence-corrected chi connectivity index (χ4v) is 2.36. The molecule has 4 nitrogen and oxygen atoms in total. The molecule has 4 heteroatoms. The first-order chi connectivity index (χ1) is 7.50. The van der Waals surface area contributed by atoms with Crippen molar-refractivity contribution in [1.29, 1.82) is 0 Å². The zero-order chi connectivity index (χ0) is 11.9. The van der Waals surface area contributed by atoms with Crippen LogP contribution in [0.3, 0.4) is 0 Å². The van der Waals surface area contributed by atoms with Gasteiger partial charge in [0.2, 0.25) is 0 Å². The first-order valence-corrected chi connectivity index (χ1v) is 5.45.